The third kappa shape index (κ3) is 4.34. The van der Waals surface area contributed by atoms with Gasteiger partial charge >= 0.3 is 0 Å². The van der Waals surface area contributed by atoms with E-state index >= 15 is 0 Å². The molecule has 0 saturated carbocycles. The second-order valence-electron chi connectivity index (χ2n) is 6.59. The lowest BCUT2D eigenvalue weighted by atomic mass is 10.2. The molecule has 0 amide bonds. The first-order valence-electron chi connectivity index (χ1n) is 9.15. The molecule has 2 N–H and O–H groups in total. The van der Waals surface area contributed by atoms with Crippen molar-refractivity contribution in [2.24, 2.45) is 0 Å². The molecule has 0 aliphatic rings. The highest BCUT2D eigenvalue weighted by Crippen LogP contribution is 2.27. The number of pyridine rings is 1. The predicted molar refractivity (Wildman–Crippen MR) is 118 cm³/mol. The molecule has 1 atom stereocenters. The van der Waals surface area contributed by atoms with Crippen LogP contribution in [0, 0.1) is 0 Å². The van der Waals surface area contributed by atoms with Gasteiger partial charge in [0.15, 0.2) is 11.6 Å². The molecular formula is C21H18ClN5O2S. The number of anilines is 2. The average molecular weight is 440 g/mol. The Bertz CT molecular complexity index is 1300. The molecule has 9 heteroatoms. The lowest BCUT2D eigenvalue weighted by molar-refractivity contribution is 0.601. The van der Waals surface area contributed by atoms with Gasteiger partial charge in [0.1, 0.15) is 0 Å². The van der Waals surface area contributed by atoms with E-state index in [2.05, 4.69) is 25.0 Å². The standard InChI is InChI=1S/C21H18ClN5O2S/c1-14(17-9-4-5-12-23-17)24-20-21(26-19-11-3-2-10-18(19)25-20)27-30(28,29)16-8-6-7-15(22)13-16/h2-14H,1H3,(H,24,25)(H,26,27). The first-order valence-corrected chi connectivity index (χ1v) is 11.0. The molecule has 2 aromatic heterocycles. The first-order chi connectivity index (χ1) is 14.4. The zero-order chi connectivity index (χ0) is 21.1. The van der Waals surface area contributed by atoms with Gasteiger partial charge in [-0.2, -0.15) is 0 Å². The molecule has 7 nitrogen and oxygen atoms in total. The van der Waals surface area contributed by atoms with Crippen LogP contribution >= 0.6 is 11.6 Å². The Morgan fingerprint density at radius 1 is 0.900 bits per heavy atom. The van der Waals surface area contributed by atoms with E-state index in [1.807, 2.05) is 43.3 Å². The van der Waals surface area contributed by atoms with Crippen molar-refractivity contribution in [2.75, 3.05) is 10.0 Å². The summed E-state index contributed by atoms with van der Waals surface area (Å²) in [6.07, 6.45) is 1.70. The molecule has 0 fully saturated rings. The molecule has 0 spiro atoms. The maximum Gasteiger partial charge on any atom is 0.263 e. The van der Waals surface area contributed by atoms with Gasteiger partial charge in [0, 0.05) is 11.2 Å². The van der Waals surface area contributed by atoms with Crippen LogP contribution in [0.5, 0.6) is 0 Å². The average Bonchev–Trinajstić information content (AvgIpc) is 2.74. The minimum absolute atomic E-state index is 0.0358. The van der Waals surface area contributed by atoms with E-state index in [-0.39, 0.29) is 16.8 Å². The summed E-state index contributed by atoms with van der Waals surface area (Å²) >= 11 is 5.96. The van der Waals surface area contributed by atoms with Gasteiger partial charge in [-0.25, -0.2) is 18.4 Å². The maximum absolute atomic E-state index is 12.9. The summed E-state index contributed by atoms with van der Waals surface area (Å²) in [5.41, 5.74) is 1.99. The summed E-state index contributed by atoms with van der Waals surface area (Å²) in [4.78, 5) is 13.4. The zero-order valence-corrected chi connectivity index (χ0v) is 17.5. The molecule has 0 radical (unpaired) electrons. The summed E-state index contributed by atoms with van der Waals surface area (Å²) in [6.45, 7) is 1.91. The normalized spacial score (nSPS) is 12.5. The van der Waals surface area contributed by atoms with Crippen molar-refractivity contribution in [1.29, 1.82) is 0 Å². The number of aromatic nitrogens is 3. The third-order valence-corrected chi connectivity index (χ3v) is 5.96. The lowest BCUT2D eigenvalue weighted by Gasteiger charge is -2.18. The quantitative estimate of drug-likeness (QED) is 0.453. The predicted octanol–water partition coefficient (Wildman–Crippen LogP) is 4.65. The number of benzene rings is 2. The van der Waals surface area contributed by atoms with E-state index in [1.165, 1.54) is 12.1 Å². The number of para-hydroxylation sites is 2. The van der Waals surface area contributed by atoms with Gasteiger partial charge in [-0.05, 0) is 49.4 Å². The number of sulfonamides is 1. The van der Waals surface area contributed by atoms with Gasteiger partial charge in [-0.15, -0.1) is 0 Å². The fourth-order valence-corrected chi connectivity index (χ4v) is 4.21. The highest BCUT2D eigenvalue weighted by molar-refractivity contribution is 7.92. The molecule has 1 unspecified atom stereocenters. The van der Waals surface area contributed by atoms with Gasteiger partial charge in [0.2, 0.25) is 0 Å². The highest BCUT2D eigenvalue weighted by atomic mass is 35.5. The molecule has 0 aliphatic heterocycles. The highest BCUT2D eigenvalue weighted by Gasteiger charge is 2.20. The Balaban J connectivity index is 1.75. The SMILES string of the molecule is CC(Nc1nc2ccccc2nc1NS(=O)(=O)c1cccc(Cl)c1)c1ccccn1. The number of rotatable bonds is 6. The molecule has 4 aromatic rings. The van der Waals surface area contributed by atoms with Crippen LogP contribution in [0.2, 0.25) is 5.02 Å². The van der Waals surface area contributed by atoms with E-state index in [4.69, 9.17) is 11.6 Å². The van der Waals surface area contributed by atoms with Crippen LogP contribution in [-0.2, 0) is 10.0 Å². The number of nitrogens with one attached hydrogen (secondary N) is 2. The Labute approximate surface area is 179 Å². The number of fused-ring (bicyclic) bond motifs is 1. The number of hydrogen-bond acceptors (Lipinski definition) is 6. The van der Waals surface area contributed by atoms with Crippen molar-refractivity contribution in [3.8, 4) is 0 Å². The summed E-state index contributed by atoms with van der Waals surface area (Å²) in [7, 11) is -3.92. The van der Waals surface area contributed by atoms with E-state index in [0.717, 1.165) is 5.69 Å². The summed E-state index contributed by atoms with van der Waals surface area (Å²) in [6, 6.07) is 18.6. The van der Waals surface area contributed by atoms with Crippen molar-refractivity contribution in [3.05, 3.63) is 83.6 Å². The number of hydrogen-bond donors (Lipinski definition) is 2. The van der Waals surface area contributed by atoms with Crippen LogP contribution in [0.1, 0.15) is 18.7 Å². The van der Waals surface area contributed by atoms with E-state index in [1.54, 1.807) is 24.4 Å². The molecule has 2 heterocycles. The van der Waals surface area contributed by atoms with Crippen LogP contribution in [0.3, 0.4) is 0 Å². The van der Waals surface area contributed by atoms with Crippen molar-refractivity contribution in [2.45, 2.75) is 17.9 Å². The van der Waals surface area contributed by atoms with E-state index < -0.39 is 10.0 Å². The Hall–Kier alpha value is -3.23. The van der Waals surface area contributed by atoms with Crippen LogP contribution in [-0.4, -0.2) is 23.4 Å². The summed E-state index contributed by atoms with van der Waals surface area (Å²) in [5.74, 6) is 0.397. The van der Waals surface area contributed by atoms with Crippen LogP contribution in [0.4, 0.5) is 11.6 Å². The Morgan fingerprint density at radius 2 is 1.60 bits per heavy atom. The van der Waals surface area contributed by atoms with Gasteiger partial charge in [-0.3, -0.25) is 9.71 Å². The summed E-state index contributed by atoms with van der Waals surface area (Å²) in [5, 5.41) is 3.54. The summed E-state index contributed by atoms with van der Waals surface area (Å²) < 4.78 is 28.4. The minimum atomic E-state index is -3.92. The maximum atomic E-state index is 12.9. The Morgan fingerprint density at radius 3 is 2.27 bits per heavy atom. The lowest BCUT2D eigenvalue weighted by Crippen LogP contribution is -2.18. The molecular weight excluding hydrogens is 422 g/mol. The monoisotopic (exact) mass is 439 g/mol. The van der Waals surface area contributed by atoms with Gasteiger partial charge in [0.05, 0.1) is 27.7 Å². The Kier molecular flexibility index (Phi) is 5.52. The number of nitrogens with zero attached hydrogens (tertiary/aromatic N) is 3. The van der Waals surface area contributed by atoms with Crippen molar-refractivity contribution in [3.63, 3.8) is 0 Å². The molecule has 0 bridgehead atoms. The van der Waals surface area contributed by atoms with E-state index in [9.17, 15) is 8.42 Å². The molecule has 4 rings (SSSR count). The fourth-order valence-electron chi connectivity index (χ4n) is 2.90. The van der Waals surface area contributed by atoms with Crippen LogP contribution in [0.25, 0.3) is 11.0 Å². The topological polar surface area (TPSA) is 96.9 Å². The van der Waals surface area contributed by atoms with Crippen molar-refractivity contribution in [1.82, 2.24) is 15.0 Å². The minimum Gasteiger partial charge on any atom is -0.359 e. The molecule has 152 valence electrons. The third-order valence-electron chi connectivity index (χ3n) is 4.39. The van der Waals surface area contributed by atoms with Gasteiger partial charge in [0.25, 0.3) is 10.0 Å². The van der Waals surface area contributed by atoms with Crippen LogP contribution in [0.15, 0.2) is 77.8 Å². The molecule has 30 heavy (non-hydrogen) atoms. The molecule has 0 aliphatic carbocycles. The van der Waals surface area contributed by atoms with E-state index in [0.29, 0.717) is 21.9 Å². The number of halogens is 1. The van der Waals surface area contributed by atoms with Gasteiger partial charge < -0.3 is 5.32 Å². The zero-order valence-electron chi connectivity index (χ0n) is 15.9. The first kappa shape index (κ1) is 20.1. The fraction of sp³-hybridized carbons (Fsp3) is 0.0952. The van der Waals surface area contributed by atoms with Crippen molar-refractivity contribution >= 4 is 44.3 Å². The largest absolute Gasteiger partial charge is 0.359 e. The second kappa shape index (κ2) is 8.25. The van der Waals surface area contributed by atoms with Gasteiger partial charge in [-0.1, -0.05) is 35.9 Å². The molecule has 2 aromatic carbocycles. The second-order valence-corrected chi connectivity index (χ2v) is 8.71. The van der Waals surface area contributed by atoms with Crippen LogP contribution < -0.4 is 10.0 Å². The van der Waals surface area contributed by atoms with Crippen molar-refractivity contribution < 1.29 is 8.42 Å². The smallest absolute Gasteiger partial charge is 0.263 e. The molecule has 0 saturated heterocycles.